The SMILES string of the molecule is O=[N+]([O-])c1cc(S(=O)(=O)C(F)(F)F)ccc1N1CCN([C@@H]2CCSC2)CC1. The number of alkyl halides is 3. The Morgan fingerprint density at radius 3 is 2.37 bits per heavy atom. The number of nitrogens with zero attached hydrogens (tertiary/aromatic N) is 3. The van der Waals surface area contributed by atoms with Gasteiger partial charge < -0.3 is 4.90 Å². The standard InChI is InChI=1S/C15H18F3N3O4S2/c16-15(17,18)27(24,25)12-1-2-13(14(9-12)21(22)23)20-6-4-19(5-7-20)11-3-8-26-10-11/h1-2,9,11H,3-8,10H2/t11-/m1/s1. The Hall–Kier alpha value is -1.53. The average Bonchev–Trinajstić information content (AvgIpc) is 3.15. The molecule has 2 aliphatic rings. The number of benzene rings is 1. The van der Waals surface area contributed by atoms with Gasteiger partial charge in [-0.3, -0.25) is 15.0 Å². The van der Waals surface area contributed by atoms with E-state index in [1.807, 2.05) is 11.8 Å². The van der Waals surface area contributed by atoms with E-state index in [-0.39, 0.29) is 5.69 Å². The van der Waals surface area contributed by atoms with Crippen LogP contribution in [0.25, 0.3) is 0 Å². The summed E-state index contributed by atoms with van der Waals surface area (Å²) >= 11 is 1.89. The first-order valence-electron chi connectivity index (χ1n) is 8.28. The zero-order valence-corrected chi connectivity index (χ0v) is 15.8. The summed E-state index contributed by atoms with van der Waals surface area (Å²) in [5, 5.41) is 11.4. The molecule has 150 valence electrons. The van der Waals surface area contributed by atoms with Crippen molar-refractivity contribution in [3.8, 4) is 0 Å². The van der Waals surface area contributed by atoms with E-state index in [0.717, 1.165) is 30.1 Å². The summed E-state index contributed by atoms with van der Waals surface area (Å²) in [6, 6.07) is 2.87. The Balaban J connectivity index is 1.83. The lowest BCUT2D eigenvalue weighted by atomic mass is 10.1. The minimum absolute atomic E-state index is 0.140. The molecule has 0 N–H and O–H groups in total. The normalized spacial score (nSPS) is 22.2. The average molecular weight is 425 g/mol. The maximum Gasteiger partial charge on any atom is 0.501 e. The quantitative estimate of drug-likeness (QED) is 0.541. The van der Waals surface area contributed by atoms with Crippen LogP contribution in [0.15, 0.2) is 23.1 Å². The molecule has 2 heterocycles. The molecule has 0 spiro atoms. The summed E-state index contributed by atoms with van der Waals surface area (Å²) in [7, 11) is -5.63. The van der Waals surface area contributed by atoms with Crippen LogP contribution in [0.5, 0.6) is 0 Å². The van der Waals surface area contributed by atoms with Crippen LogP contribution in [0.1, 0.15) is 6.42 Å². The molecule has 3 rings (SSSR count). The number of anilines is 1. The minimum atomic E-state index is -5.63. The summed E-state index contributed by atoms with van der Waals surface area (Å²) in [6.45, 7) is 2.39. The number of hydrogen-bond acceptors (Lipinski definition) is 7. The van der Waals surface area contributed by atoms with Gasteiger partial charge in [0.05, 0.1) is 9.82 Å². The van der Waals surface area contributed by atoms with Crippen molar-refractivity contribution >= 4 is 33.0 Å². The highest BCUT2D eigenvalue weighted by atomic mass is 32.2. The van der Waals surface area contributed by atoms with Gasteiger partial charge >= 0.3 is 5.51 Å². The summed E-state index contributed by atoms with van der Waals surface area (Å²) in [6.07, 6.45) is 1.11. The van der Waals surface area contributed by atoms with E-state index in [9.17, 15) is 31.7 Å². The molecular formula is C15H18F3N3O4S2. The van der Waals surface area contributed by atoms with Gasteiger partial charge in [-0.15, -0.1) is 0 Å². The van der Waals surface area contributed by atoms with Crippen molar-refractivity contribution in [2.45, 2.75) is 22.9 Å². The fraction of sp³-hybridized carbons (Fsp3) is 0.600. The first kappa shape index (κ1) is 20.2. The molecule has 0 aromatic heterocycles. The molecule has 7 nitrogen and oxygen atoms in total. The van der Waals surface area contributed by atoms with Crippen LogP contribution in [0.3, 0.4) is 0 Å². The van der Waals surface area contributed by atoms with E-state index < -0.39 is 30.9 Å². The molecule has 0 aliphatic carbocycles. The van der Waals surface area contributed by atoms with Crippen molar-refractivity contribution in [2.75, 3.05) is 42.6 Å². The topological polar surface area (TPSA) is 83.8 Å². The first-order chi connectivity index (χ1) is 12.6. The van der Waals surface area contributed by atoms with E-state index in [0.29, 0.717) is 38.3 Å². The Morgan fingerprint density at radius 1 is 1.19 bits per heavy atom. The lowest BCUT2D eigenvalue weighted by Gasteiger charge is -2.38. The van der Waals surface area contributed by atoms with Crippen LogP contribution in [0.4, 0.5) is 24.5 Å². The maximum atomic E-state index is 12.7. The summed E-state index contributed by atoms with van der Waals surface area (Å²) in [5.41, 5.74) is -6.00. The van der Waals surface area contributed by atoms with Crippen LogP contribution in [-0.4, -0.2) is 67.5 Å². The summed E-state index contributed by atoms with van der Waals surface area (Å²) in [5.74, 6) is 2.18. The predicted molar refractivity (Wildman–Crippen MR) is 95.9 cm³/mol. The molecule has 1 aromatic rings. The molecular weight excluding hydrogens is 407 g/mol. The molecule has 0 radical (unpaired) electrons. The highest BCUT2D eigenvalue weighted by Crippen LogP contribution is 2.36. The third kappa shape index (κ3) is 4.02. The number of hydrogen-bond donors (Lipinski definition) is 0. The molecule has 0 saturated carbocycles. The number of halogens is 3. The van der Waals surface area contributed by atoms with E-state index in [4.69, 9.17) is 0 Å². The molecule has 1 aromatic carbocycles. The lowest BCUT2D eigenvalue weighted by Crippen LogP contribution is -2.50. The first-order valence-corrected chi connectivity index (χ1v) is 10.9. The van der Waals surface area contributed by atoms with Crippen LogP contribution in [0.2, 0.25) is 0 Å². The molecule has 12 heteroatoms. The van der Waals surface area contributed by atoms with Crippen molar-refractivity contribution in [3.63, 3.8) is 0 Å². The number of piperazine rings is 1. The van der Waals surface area contributed by atoms with Gasteiger partial charge in [-0.2, -0.15) is 24.9 Å². The van der Waals surface area contributed by atoms with E-state index in [1.54, 1.807) is 4.90 Å². The lowest BCUT2D eigenvalue weighted by molar-refractivity contribution is -0.384. The monoisotopic (exact) mass is 425 g/mol. The molecule has 0 unspecified atom stereocenters. The van der Waals surface area contributed by atoms with E-state index in [2.05, 4.69) is 4.90 Å². The molecule has 2 fully saturated rings. The Kier molecular flexibility index (Phi) is 5.59. The summed E-state index contributed by atoms with van der Waals surface area (Å²) < 4.78 is 61.2. The van der Waals surface area contributed by atoms with Crippen LogP contribution >= 0.6 is 11.8 Å². The smallest absolute Gasteiger partial charge is 0.363 e. The van der Waals surface area contributed by atoms with Gasteiger partial charge in [-0.25, -0.2) is 8.42 Å². The largest absolute Gasteiger partial charge is 0.501 e. The zero-order valence-electron chi connectivity index (χ0n) is 14.2. The van der Waals surface area contributed by atoms with Gasteiger partial charge in [0.1, 0.15) is 5.69 Å². The van der Waals surface area contributed by atoms with Gasteiger partial charge in [0, 0.05) is 44.0 Å². The highest BCUT2D eigenvalue weighted by molar-refractivity contribution is 7.99. The maximum absolute atomic E-state index is 12.7. The zero-order chi connectivity index (χ0) is 19.8. The highest BCUT2D eigenvalue weighted by Gasteiger charge is 2.47. The number of nitro groups is 1. The number of rotatable bonds is 4. The Bertz CT molecular complexity index is 818. The molecule has 1 atom stereocenters. The second kappa shape index (κ2) is 7.47. The fourth-order valence-electron chi connectivity index (χ4n) is 3.36. The molecule has 0 amide bonds. The van der Waals surface area contributed by atoms with Crippen LogP contribution in [-0.2, 0) is 9.84 Å². The molecule has 2 saturated heterocycles. The third-order valence-corrected chi connectivity index (χ3v) is 7.46. The fourth-order valence-corrected chi connectivity index (χ4v) is 5.39. The van der Waals surface area contributed by atoms with Crippen LogP contribution in [0, 0.1) is 10.1 Å². The number of nitro benzene ring substituents is 1. The van der Waals surface area contributed by atoms with Crippen molar-refractivity contribution in [1.82, 2.24) is 4.90 Å². The van der Waals surface area contributed by atoms with E-state index in [1.165, 1.54) is 0 Å². The number of sulfone groups is 1. The van der Waals surface area contributed by atoms with Gasteiger partial charge in [0.25, 0.3) is 15.5 Å². The Labute approximate surface area is 158 Å². The van der Waals surface area contributed by atoms with Crippen molar-refractivity contribution in [2.24, 2.45) is 0 Å². The number of thioether (sulfide) groups is 1. The predicted octanol–water partition coefficient (Wildman–Crippen LogP) is 2.52. The molecule has 27 heavy (non-hydrogen) atoms. The van der Waals surface area contributed by atoms with Crippen molar-refractivity contribution in [3.05, 3.63) is 28.3 Å². The van der Waals surface area contributed by atoms with E-state index >= 15 is 0 Å². The second-order valence-corrected chi connectivity index (χ2v) is 9.49. The molecule has 0 bridgehead atoms. The van der Waals surface area contributed by atoms with Gasteiger partial charge in [0.15, 0.2) is 0 Å². The van der Waals surface area contributed by atoms with Gasteiger partial charge in [-0.05, 0) is 24.3 Å². The Morgan fingerprint density at radius 2 is 1.85 bits per heavy atom. The van der Waals surface area contributed by atoms with Crippen molar-refractivity contribution < 1.29 is 26.5 Å². The summed E-state index contributed by atoms with van der Waals surface area (Å²) in [4.78, 5) is 13.4. The van der Waals surface area contributed by atoms with Gasteiger partial charge in [0.2, 0.25) is 0 Å². The second-order valence-electron chi connectivity index (χ2n) is 6.40. The van der Waals surface area contributed by atoms with Crippen molar-refractivity contribution in [1.29, 1.82) is 0 Å². The minimum Gasteiger partial charge on any atom is -0.363 e. The third-order valence-electron chi connectivity index (χ3n) is 4.84. The van der Waals surface area contributed by atoms with Crippen LogP contribution < -0.4 is 4.90 Å². The van der Waals surface area contributed by atoms with Gasteiger partial charge in [-0.1, -0.05) is 0 Å². The molecule has 2 aliphatic heterocycles.